The van der Waals surface area contributed by atoms with Crippen LogP contribution in [-0.4, -0.2) is 9.91 Å². The summed E-state index contributed by atoms with van der Waals surface area (Å²) in [5, 5.41) is 11.5. The van der Waals surface area contributed by atoms with Gasteiger partial charge in [-0.05, 0) is 6.07 Å². The molecule has 0 atom stereocenters. The zero-order valence-corrected chi connectivity index (χ0v) is 8.79. The van der Waals surface area contributed by atoms with Crippen molar-refractivity contribution in [3.05, 3.63) is 44.6 Å². The van der Waals surface area contributed by atoms with Gasteiger partial charge < -0.3 is 0 Å². The molecular weight excluding hydrogens is 239 g/mol. The van der Waals surface area contributed by atoms with E-state index in [1.165, 1.54) is 6.07 Å². The lowest BCUT2D eigenvalue weighted by Gasteiger charge is -2.00. The van der Waals surface area contributed by atoms with Gasteiger partial charge in [-0.15, -0.1) is 0 Å². The molecule has 15 heavy (non-hydrogen) atoms. The quantitative estimate of drug-likeness (QED) is 0.437. The Bertz CT molecular complexity index is 557. The molecule has 0 spiro atoms. The predicted octanol–water partition coefficient (Wildman–Crippen LogP) is 3.45. The van der Waals surface area contributed by atoms with E-state index in [9.17, 15) is 10.1 Å². The van der Waals surface area contributed by atoms with Crippen LogP contribution in [0.2, 0.25) is 10.2 Å². The van der Waals surface area contributed by atoms with Crippen LogP contribution in [0, 0.1) is 10.1 Å². The fourth-order valence-corrected chi connectivity index (χ4v) is 1.69. The van der Waals surface area contributed by atoms with Crippen molar-refractivity contribution in [2.45, 2.75) is 0 Å². The number of fused-ring (bicyclic) bond motifs is 1. The standard InChI is InChI=1S/C9H4Cl2N2O2/c10-6-3-1-2-5-4-7(13(14)15)9(11)12-8(5)6/h1-4H. The molecule has 0 saturated heterocycles. The van der Waals surface area contributed by atoms with Crippen molar-refractivity contribution >= 4 is 39.8 Å². The monoisotopic (exact) mass is 242 g/mol. The van der Waals surface area contributed by atoms with Gasteiger partial charge in [0.1, 0.15) is 0 Å². The number of para-hydroxylation sites is 1. The van der Waals surface area contributed by atoms with E-state index in [0.29, 0.717) is 15.9 Å². The van der Waals surface area contributed by atoms with Crippen molar-refractivity contribution in [3.63, 3.8) is 0 Å². The van der Waals surface area contributed by atoms with Crippen molar-refractivity contribution in [1.82, 2.24) is 4.98 Å². The maximum Gasteiger partial charge on any atom is 0.307 e. The Morgan fingerprint density at radius 3 is 2.73 bits per heavy atom. The maximum atomic E-state index is 10.6. The lowest BCUT2D eigenvalue weighted by Crippen LogP contribution is -1.92. The second-order valence-electron chi connectivity index (χ2n) is 2.87. The lowest BCUT2D eigenvalue weighted by atomic mass is 10.2. The number of pyridine rings is 1. The van der Waals surface area contributed by atoms with E-state index in [-0.39, 0.29) is 10.8 Å². The highest BCUT2D eigenvalue weighted by atomic mass is 35.5. The molecule has 6 heteroatoms. The molecule has 0 N–H and O–H groups in total. The van der Waals surface area contributed by atoms with E-state index in [2.05, 4.69) is 4.98 Å². The summed E-state index contributed by atoms with van der Waals surface area (Å²) in [6.45, 7) is 0. The van der Waals surface area contributed by atoms with Gasteiger partial charge in [0.15, 0.2) is 0 Å². The molecule has 2 rings (SSSR count). The molecular formula is C9H4Cl2N2O2. The van der Waals surface area contributed by atoms with Crippen LogP contribution in [0.15, 0.2) is 24.3 Å². The van der Waals surface area contributed by atoms with Crippen LogP contribution < -0.4 is 0 Å². The van der Waals surface area contributed by atoms with E-state index in [1.807, 2.05) is 0 Å². The largest absolute Gasteiger partial charge is 0.307 e. The van der Waals surface area contributed by atoms with Crippen LogP contribution >= 0.6 is 23.2 Å². The molecule has 1 aromatic heterocycles. The Hall–Kier alpha value is -1.39. The number of rotatable bonds is 1. The number of benzene rings is 1. The molecule has 1 heterocycles. The zero-order chi connectivity index (χ0) is 11.0. The number of aromatic nitrogens is 1. The first kappa shape index (κ1) is 10.1. The Labute approximate surface area is 94.6 Å². The fourth-order valence-electron chi connectivity index (χ4n) is 1.26. The Balaban J connectivity index is 2.82. The zero-order valence-electron chi connectivity index (χ0n) is 7.28. The smallest absolute Gasteiger partial charge is 0.258 e. The summed E-state index contributed by atoms with van der Waals surface area (Å²) in [6.07, 6.45) is 0. The minimum absolute atomic E-state index is 0.152. The van der Waals surface area contributed by atoms with Gasteiger partial charge in [-0.3, -0.25) is 10.1 Å². The van der Waals surface area contributed by atoms with Crippen molar-refractivity contribution in [2.75, 3.05) is 0 Å². The van der Waals surface area contributed by atoms with Gasteiger partial charge in [0.05, 0.1) is 15.5 Å². The second-order valence-corrected chi connectivity index (χ2v) is 3.63. The molecule has 1 aromatic carbocycles. The highest BCUT2D eigenvalue weighted by molar-refractivity contribution is 6.36. The molecule has 0 aliphatic heterocycles. The van der Waals surface area contributed by atoms with Gasteiger partial charge in [0.25, 0.3) is 0 Å². The first-order valence-electron chi connectivity index (χ1n) is 3.99. The summed E-state index contributed by atoms with van der Waals surface area (Å²) in [7, 11) is 0. The molecule has 0 aliphatic carbocycles. The topological polar surface area (TPSA) is 56.0 Å². The van der Waals surface area contributed by atoms with Crippen LogP contribution in [0.25, 0.3) is 10.9 Å². The van der Waals surface area contributed by atoms with Crippen molar-refractivity contribution in [2.24, 2.45) is 0 Å². The molecule has 2 aromatic rings. The van der Waals surface area contributed by atoms with Gasteiger partial charge in [-0.1, -0.05) is 35.3 Å². The normalized spacial score (nSPS) is 10.5. The summed E-state index contributed by atoms with van der Waals surface area (Å²) in [6, 6.07) is 6.40. The van der Waals surface area contributed by atoms with Crippen molar-refractivity contribution < 1.29 is 4.92 Å². The molecule has 0 fully saturated rings. The summed E-state index contributed by atoms with van der Waals surface area (Å²) in [5.41, 5.74) is 0.251. The highest BCUT2D eigenvalue weighted by Crippen LogP contribution is 2.29. The van der Waals surface area contributed by atoms with Crippen LogP contribution in [0.3, 0.4) is 0 Å². The van der Waals surface area contributed by atoms with Crippen molar-refractivity contribution in [1.29, 1.82) is 0 Å². The Kier molecular flexibility index (Phi) is 2.46. The van der Waals surface area contributed by atoms with Crippen LogP contribution in [0.4, 0.5) is 5.69 Å². The molecule has 0 bridgehead atoms. The van der Waals surface area contributed by atoms with Crippen LogP contribution in [0.1, 0.15) is 0 Å². The molecule has 0 aliphatic rings. The number of hydrogen-bond donors (Lipinski definition) is 0. The molecule has 0 unspecified atom stereocenters. The first-order chi connectivity index (χ1) is 7.09. The minimum atomic E-state index is -0.574. The summed E-state index contributed by atoms with van der Waals surface area (Å²) >= 11 is 11.5. The van der Waals surface area contributed by atoms with E-state index in [1.54, 1.807) is 18.2 Å². The molecule has 76 valence electrons. The third-order valence-electron chi connectivity index (χ3n) is 1.93. The molecule has 0 saturated carbocycles. The van der Waals surface area contributed by atoms with Crippen LogP contribution in [0.5, 0.6) is 0 Å². The second kappa shape index (κ2) is 3.64. The average Bonchev–Trinajstić information content (AvgIpc) is 2.18. The minimum Gasteiger partial charge on any atom is -0.258 e. The average molecular weight is 243 g/mol. The van der Waals surface area contributed by atoms with Gasteiger partial charge >= 0.3 is 5.69 Å². The number of hydrogen-bond acceptors (Lipinski definition) is 3. The van der Waals surface area contributed by atoms with Gasteiger partial charge in [-0.25, -0.2) is 4.98 Å². The third kappa shape index (κ3) is 1.73. The van der Waals surface area contributed by atoms with Crippen LogP contribution in [-0.2, 0) is 0 Å². The fraction of sp³-hybridized carbons (Fsp3) is 0. The van der Waals surface area contributed by atoms with Crippen molar-refractivity contribution in [3.8, 4) is 0 Å². The summed E-state index contributed by atoms with van der Waals surface area (Å²) in [4.78, 5) is 13.9. The van der Waals surface area contributed by atoms with E-state index in [4.69, 9.17) is 23.2 Å². The van der Waals surface area contributed by atoms with Gasteiger partial charge in [-0.2, -0.15) is 0 Å². The number of halogens is 2. The number of nitro groups is 1. The first-order valence-corrected chi connectivity index (χ1v) is 4.74. The van der Waals surface area contributed by atoms with E-state index in [0.717, 1.165) is 0 Å². The summed E-state index contributed by atoms with van der Waals surface area (Å²) < 4.78 is 0. The highest BCUT2D eigenvalue weighted by Gasteiger charge is 2.15. The molecule has 4 nitrogen and oxygen atoms in total. The third-order valence-corrected chi connectivity index (χ3v) is 2.51. The van der Waals surface area contributed by atoms with E-state index >= 15 is 0 Å². The molecule has 0 radical (unpaired) electrons. The Morgan fingerprint density at radius 1 is 1.33 bits per heavy atom. The number of nitrogens with zero attached hydrogens (tertiary/aromatic N) is 2. The van der Waals surface area contributed by atoms with Gasteiger partial charge in [0, 0.05) is 11.5 Å². The maximum absolute atomic E-state index is 10.6. The SMILES string of the molecule is O=[N+]([O-])c1cc2cccc(Cl)c2nc1Cl. The lowest BCUT2D eigenvalue weighted by molar-refractivity contribution is -0.384. The molecule has 0 amide bonds. The van der Waals surface area contributed by atoms with Gasteiger partial charge in [0.2, 0.25) is 5.15 Å². The predicted molar refractivity (Wildman–Crippen MR) is 58.4 cm³/mol. The Morgan fingerprint density at radius 2 is 2.07 bits per heavy atom. The van der Waals surface area contributed by atoms with E-state index < -0.39 is 4.92 Å². The summed E-state index contributed by atoms with van der Waals surface area (Å²) in [5.74, 6) is 0.